The van der Waals surface area contributed by atoms with Crippen LogP contribution < -0.4 is 11.3 Å². The first kappa shape index (κ1) is 10.4. The Balaban J connectivity index is 3.15. The van der Waals surface area contributed by atoms with Crippen LogP contribution in [0.2, 0.25) is 0 Å². The van der Waals surface area contributed by atoms with E-state index in [9.17, 15) is 9.59 Å². The molecule has 0 spiro atoms. The van der Waals surface area contributed by atoms with E-state index in [1.54, 1.807) is 0 Å². The fraction of sp³-hybridized carbons (Fsp3) is 0.500. The van der Waals surface area contributed by atoms with Gasteiger partial charge in [0.05, 0.1) is 5.69 Å². The predicted molar refractivity (Wildman–Crippen MR) is 51.2 cm³/mol. The maximum Gasteiger partial charge on any atom is 0.325 e. The van der Waals surface area contributed by atoms with Crippen LogP contribution in [-0.4, -0.2) is 20.9 Å². The summed E-state index contributed by atoms with van der Waals surface area (Å²) in [6, 6.07) is 0. The monoisotopic (exact) mass is 199 g/mol. The minimum Gasteiger partial charge on any atom is -0.480 e. The van der Waals surface area contributed by atoms with Gasteiger partial charge in [0.1, 0.15) is 12.2 Å². The van der Waals surface area contributed by atoms with Crippen LogP contribution in [0, 0.1) is 0 Å². The van der Waals surface area contributed by atoms with Gasteiger partial charge in [-0.05, 0) is 5.92 Å². The molecule has 0 fully saturated rings. The highest BCUT2D eigenvalue weighted by Gasteiger charge is 2.14. The zero-order valence-corrected chi connectivity index (χ0v) is 8.07. The van der Waals surface area contributed by atoms with Gasteiger partial charge in [-0.2, -0.15) is 0 Å². The third-order valence-electron chi connectivity index (χ3n) is 1.89. The van der Waals surface area contributed by atoms with Crippen molar-refractivity contribution < 1.29 is 9.90 Å². The van der Waals surface area contributed by atoms with E-state index in [1.807, 2.05) is 13.8 Å². The Hall–Kier alpha value is -1.72. The Morgan fingerprint density at radius 2 is 2.21 bits per heavy atom. The summed E-state index contributed by atoms with van der Waals surface area (Å²) in [6.07, 6.45) is 0. The van der Waals surface area contributed by atoms with E-state index >= 15 is 0 Å². The summed E-state index contributed by atoms with van der Waals surface area (Å²) in [7, 11) is 0. The zero-order chi connectivity index (χ0) is 10.9. The Morgan fingerprint density at radius 1 is 1.64 bits per heavy atom. The Morgan fingerprint density at radius 3 is 2.57 bits per heavy atom. The van der Waals surface area contributed by atoms with Crippen LogP contribution in [-0.2, 0) is 11.3 Å². The lowest BCUT2D eigenvalue weighted by atomic mass is 10.1. The van der Waals surface area contributed by atoms with E-state index in [2.05, 4.69) is 5.10 Å². The first-order chi connectivity index (χ1) is 6.43. The second kappa shape index (κ2) is 3.57. The van der Waals surface area contributed by atoms with Crippen molar-refractivity contribution >= 4 is 11.7 Å². The highest BCUT2D eigenvalue weighted by atomic mass is 16.4. The van der Waals surface area contributed by atoms with Gasteiger partial charge in [0, 0.05) is 0 Å². The summed E-state index contributed by atoms with van der Waals surface area (Å²) >= 11 is 0. The molecule has 1 heterocycles. The van der Waals surface area contributed by atoms with Crippen LogP contribution in [0.1, 0.15) is 25.5 Å². The first-order valence-corrected chi connectivity index (χ1v) is 4.23. The summed E-state index contributed by atoms with van der Waals surface area (Å²) in [5.41, 5.74) is 5.72. The standard InChI is InChI=1S/C8H13N3O3/c1-4(2)7-6(9)8(14)11(10-7)3-5(12)13/h4,10H,3,9H2,1-2H3,(H,12,13). The van der Waals surface area contributed by atoms with Crippen molar-refractivity contribution in [2.45, 2.75) is 26.3 Å². The molecule has 1 rings (SSSR count). The molecule has 0 amide bonds. The fourth-order valence-corrected chi connectivity index (χ4v) is 1.20. The lowest BCUT2D eigenvalue weighted by Gasteiger charge is -2.01. The number of carboxylic acid groups (broad SMARTS) is 1. The zero-order valence-electron chi connectivity index (χ0n) is 8.07. The number of nitrogens with two attached hydrogens (primary N) is 1. The van der Waals surface area contributed by atoms with Gasteiger partial charge in [0.2, 0.25) is 0 Å². The topological polar surface area (TPSA) is 101 Å². The van der Waals surface area contributed by atoms with Gasteiger partial charge in [0.15, 0.2) is 0 Å². The van der Waals surface area contributed by atoms with Crippen LogP contribution in [0.25, 0.3) is 0 Å². The molecule has 0 saturated carbocycles. The second-order valence-electron chi connectivity index (χ2n) is 3.38. The molecule has 0 aliphatic heterocycles. The van der Waals surface area contributed by atoms with Gasteiger partial charge in [-0.25, -0.2) is 4.68 Å². The maximum absolute atomic E-state index is 11.4. The van der Waals surface area contributed by atoms with Gasteiger partial charge in [-0.15, -0.1) is 0 Å². The van der Waals surface area contributed by atoms with Gasteiger partial charge in [-0.3, -0.25) is 14.7 Å². The molecule has 6 heteroatoms. The molecule has 0 radical (unpaired) electrons. The number of hydrogen-bond donors (Lipinski definition) is 3. The van der Waals surface area contributed by atoms with Gasteiger partial charge in [-0.1, -0.05) is 13.8 Å². The summed E-state index contributed by atoms with van der Waals surface area (Å²) in [4.78, 5) is 21.8. The van der Waals surface area contributed by atoms with Crippen molar-refractivity contribution in [2.75, 3.05) is 5.73 Å². The number of carbonyl (C=O) groups is 1. The number of nitrogens with one attached hydrogen (secondary N) is 1. The molecule has 14 heavy (non-hydrogen) atoms. The SMILES string of the molecule is CC(C)c1[nH]n(CC(=O)O)c(=O)c1N. The van der Waals surface area contributed by atoms with E-state index < -0.39 is 18.1 Å². The summed E-state index contributed by atoms with van der Waals surface area (Å²) < 4.78 is 0.993. The van der Waals surface area contributed by atoms with Crippen LogP contribution in [0.3, 0.4) is 0 Å². The lowest BCUT2D eigenvalue weighted by Crippen LogP contribution is -2.22. The number of nitrogens with zero attached hydrogens (tertiary/aromatic N) is 1. The molecular weight excluding hydrogens is 186 g/mol. The molecule has 0 saturated heterocycles. The Labute approximate surface area is 80.3 Å². The predicted octanol–water partition coefficient (Wildman–Crippen LogP) is -0.0334. The number of hydrogen-bond acceptors (Lipinski definition) is 3. The van der Waals surface area contributed by atoms with E-state index in [0.717, 1.165) is 4.68 Å². The number of aliphatic carboxylic acids is 1. The number of carboxylic acids is 1. The smallest absolute Gasteiger partial charge is 0.325 e. The fourth-order valence-electron chi connectivity index (χ4n) is 1.20. The van der Waals surface area contributed by atoms with E-state index in [1.165, 1.54) is 0 Å². The average molecular weight is 199 g/mol. The highest BCUT2D eigenvalue weighted by Crippen LogP contribution is 2.15. The summed E-state index contributed by atoms with van der Waals surface area (Å²) in [6.45, 7) is 3.34. The van der Waals surface area contributed by atoms with Crippen LogP contribution >= 0.6 is 0 Å². The number of nitrogen functional groups attached to an aromatic ring is 1. The molecule has 1 aromatic rings. The number of anilines is 1. The number of H-pyrrole nitrogens is 1. The van der Waals surface area contributed by atoms with E-state index in [-0.39, 0.29) is 11.6 Å². The first-order valence-electron chi connectivity index (χ1n) is 4.23. The average Bonchev–Trinajstić information content (AvgIpc) is 2.32. The van der Waals surface area contributed by atoms with E-state index in [4.69, 9.17) is 10.8 Å². The minimum atomic E-state index is -1.08. The molecule has 0 aliphatic carbocycles. The van der Waals surface area contributed by atoms with Crippen molar-refractivity contribution in [1.82, 2.24) is 9.78 Å². The largest absolute Gasteiger partial charge is 0.480 e. The Bertz CT molecular complexity index is 402. The molecule has 0 bridgehead atoms. The van der Waals surface area contributed by atoms with Crippen LogP contribution in [0.4, 0.5) is 5.69 Å². The summed E-state index contributed by atoms with van der Waals surface area (Å²) in [5, 5.41) is 11.2. The van der Waals surface area contributed by atoms with Crippen molar-refractivity contribution in [1.29, 1.82) is 0 Å². The van der Waals surface area contributed by atoms with Crippen molar-refractivity contribution in [3.63, 3.8) is 0 Å². The van der Waals surface area contributed by atoms with Crippen molar-refractivity contribution in [3.8, 4) is 0 Å². The highest BCUT2D eigenvalue weighted by molar-refractivity contribution is 5.66. The molecule has 78 valence electrons. The third-order valence-corrected chi connectivity index (χ3v) is 1.89. The molecule has 0 unspecified atom stereocenters. The molecule has 0 aromatic carbocycles. The number of aromatic amines is 1. The maximum atomic E-state index is 11.4. The lowest BCUT2D eigenvalue weighted by molar-refractivity contribution is -0.137. The number of aromatic nitrogens is 2. The van der Waals surface area contributed by atoms with E-state index in [0.29, 0.717) is 5.69 Å². The second-order valence-corrected chi connectivity index (χ2v) is 3.38. The number of rotatable bonds is 3. The van der Waals surface area contributed by atoms with Crippen LogP contribution in [0.5, 0.6) is 0 Å². The van der Waals surface area contributed by atoms with Crippen molar-refractivity contribution in [2.24, 2.45) is 0 Å². The molecule has 0 aliphatic rings. The Kier molecular flexibility index (Phi) is 2.64. The van der Waals surface area contributed by atoms with Crippen LogP contribution in [0.15, 0.2) is 4.79 Å². The molecular formula is C8H13N3O3. The molecule has 6 nitrogen and oxygen atoms in total. The van der Waals surface area contributed by atoms with Gasteiger partial charge < -0.3 is 10.8 Å². The quantitative estimate of drug-likeness (QED) is 0.636. The van der Waals surface area contributed by atoms with Gasteiger partial charge in [0.25, 0.3) is 5.56 Å². The van der Waals surface area contributed by atoms with Gasteiger partial charge >= 0.3 is 5.97 Å². The normalized spacial score (nSPS) is 10.8. The molecule has 1 aromatic heterocycles. The third kappa shape index (κ3) is 1.78. The minimum absolute atomic E-state index is 0.0674. The summed E-state index contributed by atoms with van der Waals surface area (Å²) in [5.74, 6) is -1.01. The molecule has 4 N–H and O–H groups in total. The molecule has 0 atom stereocenters. The van der Waals surface area contributed by atoms with Crippen molar-refractivity contribution in [3.05, 3.63) is 16.0 Å².